The summed E-state index contributed by atoms with van der Waals surface area (Å²) in [5.74, 6) is -57.2. The Balaban J connectivity index is 6.72. The highest BCUT2D eigenvalue weighted by Gasteiger charge is 2.95. The molecule has 0 aliphatic carbocycles. The maximum Gasteiger partial charge on any atom is 0.460 e. The van der Waals surface area contributed by atoms with E-state index < -0.39 is 60.7 Å². The van der Waals surface area contributed by atoms with Crippen LogP contribution in [0.15, 0.2) is 0 Å². The Kier molecular flexibility index (Phi) is 6.10. The van der Waals surface area contributed by atoms with Crippen molar-refractivity contribution in [2.75, 3.05) is 0 Å². The van der Waals surface area contributed by atoms with E-state index in [1.54, 1.807) is 0 Å². The molecule has 0 fully saturated rings. The first-order valence-electron chi connectivity index (χ1n) is 6.06. The lowest BCUT2D eigenvalue weighted by atomic mass is 9.88. The molecule has 1 nitrogen and oxygen atoms in total. The molecule has 0 aromatic carbocycles. The Morgan fingerprint density at radius 2 is 0.643 bits per heavy atom. The summed E-state index contributed by atoms with van der Waals surface area (Å²) in [7, 11) is 0. The molecule has 1 radical (unpaired) electrons. The Labute approximate surface area is 142 Å². The first-order valence-corrected chi connectivity index (χ1v) is 6.06. The summed E-state index contributed by atoms with van der Waals surface area (Å²) < 4.78 is 216. The fourth-order valence-electron chi connectivity index (χ4n) is 1.43. The van der Waals surface area contributed by atoms with Gasteiger partial charge in [0.05, 0.1) is 0 Å². The van der Waals surface area contributed by atoms with E-state index in [9.17, 15) is 79.7 Å². The maximum atomic E-state index is 13.1. The van der Waals surface area contributed by atoms with E-state index in [1.165, 1.54) is 0 Å². The second kappa shape index (κ2) is 6.38. The van der Waals surface area contributed by atoms with Gasteiger partial charge in [0.1, 0.15) is 0 Å². The van der Waals surface area contributed by atoms with Gasteiger partial charge < -0.3 is 0 Å². The molecule has 0 heterocycles. The van der Waals surface area contributed by atoms with E-state index in [2.05, 4.69) is 0 Å². The third-order valence-electron chi connectivity index (χ3n) is 3.26. The molecule has 0 spiro atoms. The summed E-state index contributed by atoms with van der Waals surface area (Å²) >= 11 is 0. The summed E-state index contributed by atoms with van der Waals surface area (Å²) in [6.07, 6.45) is -12.1. The third kappa shape index (κ3) is 3.05. The van der Waals surface area contributed by atoms with Crippen molar-refractivity contribution >= 4 is 0 Å². The molecule has 0 aliphatic rings. The van der Waals surface area contributed by atoms with Gasteiger partial charge in [-0.2, -0.15) is 74.6 Å². The van der Waals surface area contributed by atoms with Crippen LogP contribution in [0.25, 0.3) is 0 Å². The molecule has 0 saturated carbocycles. The van der Waals surface area contributed by atoms with Crippen molar-refractivity contribution in [1.29, 1.82) is 0 Å². The Bertz CT molecular complexity index is 571. The van der Waals surface area contributed by atoms with Crippen LogP contribution in [-0.4, -0.2) is 53.7 Å². The zero-order valence-electron chi connectivity index (χ0n) is 12.4. The van der Waals surface area contributed by atoms with Crippen LogP contribution < -0.4 is 0 Å². The van der Waals surface area contributed by atoms with Crippen LogP contribution >= 0.6 is 0 Å². The molecule has 28 heavy (non-hydrogen) atoms. The van der Waals surface area contributed by atoms with Gasteiger partial charge in [0.25, 0.3) is 0 Å². The number of hydrogen-bond acceptors (Lipinski definition) is 0. The van der Waals surface area contributed by atoms with Crippen molar-refractivity contribution in [3.05, 3.63) is 0 Å². The average Bonchev–Trinajstić information content (AvgIpc) is 2.44. The van der Waals surface area contributed by atoms with Crippen molar-refractivity contribution in [3.8, 4) is 0 Å². The zero-order valence-corrected chi connectivity index (χ0v) is 12.4. The number of rotatable bonds is 7. The summed E-state index contributed by atoms with van der Waals surface area (Å²) in [5, 5.41) is 10.3. The smallest absolute Gasteiger partial charge is 0.227 e. The second-order valence-electron chi connectivity index (χ2n) is 5.21. The lowest BCUT2D eigenvalue weighted by Gasteiger charge is -2.43. The van der Waals surface area contributed by atoms with E-state index in [0.29, 0.717) is 0 Å². The van der Waals surface area contributed by atoms with Crippen molar-refractivity contribution in [2.45, 2.75) is 60.7 Å². The molecule has 1 atom stereocenters. The molecule has 18 heteroatoms. The average molecular weight is 463 g/mol. The number of halogens is 17. The summed E-state index contributed by atoms with van der Waals surface area (Å²) in [6.45, 7) is -0.577. The van der Waals surface area contributed by atoms with Gasteiger partial charge in [-0.3, -0.25) is 0 Å². The second-order valence-corrected chi connectivity index (χ2v) is 5.21. The van der Waals surface area contributed by atoms with Gasteiger partial charge in [-0.25, -0.2) is 5.11 Å². The number of hydrogen-bond donors (Lipinski definition) is 0. The lowest BCUT2D eigenvalue weighted by molar-refractivity contribution is -0.464. The standard InChI is InChI=1S/C10H4F17O/c1-2(28)3(11,12)4(13,14)5(15,16)6(17,18)7(19,20)8(21,22)9(23,24)10(25,26)27/h2H,1H3. The summed E-state index contributed by atoms with van der Waals surface area (Å²) in [4.78, 5) is 0. The summed E-state index contributed by atoms with van der Waals surface area (Å²) in [5.41, 5.74) is 0. The van der Waals surface area contributed by atoms with Gasteiger partial charge in [0.15, 0.2) is 6.10 Å². The van der Waals surface area contributed by atoms with Crippen LogP contribution in [0.1, 0.15) is 6.92 Å². The highest BCUT2D eigenvalue weighted by atomic mass is 19.4. The van der Waals surface area contributed by atoms with Crippen LogP contribution in [-0.2, 0) is 5.11 Å². The molecular formula is C10H4F17O. The zero-order chi connectivity index (χ0) is 23.6. The molecule has 0 aromatic rings. The minimum Gasteiger partial charge on any atom is -0.227 e. The molecule has 0 amide bonds. The predicted octanol–water partition coefficient (Wildman–Crippen LogP) is 5.81. The molecule has 1 unspecified atom stereocenters. The van der Waals surface area contributed by atoms with Gasteiger partial charge in [-0.15, -0.1) is 0 Å². The van der Waals surface area contributed by atoms with Crippen molar-refractivity contribution in [3.63, 3.8) is 0 Å². The van der Waals surface area contributed by atoms with Gasteiger partial charge in [-0.05, 0) is 6.92 Å². The largest absolute Gasteiger partial charge is 0.460 e. The van der Waals surface area contributed by atoms with Crippen LogP contribution in [0, 0.1) is 0 Å². The number of alkyl halides is 17. The van der Waals surface area contributed by atoms with E-state index >= 15 is 0 Å². The Hall–Kier alpha value is -1.23. The van der Waals surface area contributed by atoms with Crippen molar-refractivity contribution in [2.24, 2.45) is 0 Å². The fourth-order valence-corrected chi connectivity index (χ4v) is 1.43. The molecular weight excluding hydrogens is 459 g/mol. The predicted molar refractivity (Wildman–Crippen MR) is 50.8 cm³/mol. The molecule has 0 rings (SSSR count). The van der Waals surface area contributed by atoms with E-state index in [-0.39, 0.29) is 0 Å². The third-order valence-corrected chi connectivity index (χ3v) is 3.26. The van der Waals surface area contributed by atoms with E-state index in [0.717, 1.165) is 0 Å². The topological polar surface area (TPSA) is 19.9 Å². The van der Waals surface area contributed by atoms with Crippen LogP contribution in [0.3, 0.4) is 0 Å². The quantitative estimate of drug-likeness (QED) is 0.425. The minimum atomic E-state index is -8.67. The van der Waals surface area contributed by atoms with Crippen LogP contribution in [0.4, 0.5) is 74.6 Å². The van der Waals surface area contributed by atoms with Crippen molar-refractivity contribution in [1.82, 2.24) is 0 Å². The lowest BCUT2D eigenvalue weighted by Crippen LogP contribution is -2.75. The normalized spacial score (nSPS) is 17.7. The highest BCUT2D eigenvalue weighted by molar-refractivity contribution is 5.15. The first kappa shape index (κ1) is 26.8. The molecule has 0 aromatic heterocycles. The molecule has 0 saturated heterocycles. The van der Waals surface area contributed by atoms with Gasteiger partial charge in [0.2, 0.25) is 0 Å². The maximum absolute atomic E-state index is 13.1. The van der Waals surface area contributed by atoms with Crippen LogP contribution in [0.2, 0.25) is 0 Å². The molecule has 0 aliphatic heterocycles. The van der Waals surface area contributed by atoms with Crippen molar-refractivity contribution < 1.29 is 79.7 Å². The summed E-state index contributed by atoms with van der Waals surface area (Å²) in [6, 6.07) is 0. The Morgan fingerprint density at radius 1 is 0.429 bits per heavy atom. The fraction of sp³-hybridized carbons (Fsp3) is 1.00. The molecule has 0 bridgehead atoms. The molecule has 169 valence electrons. The Morgan fingerprint density at radius 3 is 0.857 bits per heavy atom. The highest BCUT2D eigenvalue weighted by Crippen LogP contribution is 2.64. The van der Waals surface area contributed by atoms with E-state index in [1.807, 2.05) is 0 Å². The van der Waals surface area contributed by atoms with Crippen LogP contribution in [0.5, 0.6) is 0 Å². The first-order chi connectivity index (χ1) is 11.7. The monoisotopic (exact) mass is 463 g/mol. The van der Waals surface area contributed by atoms with Gasteiger partial charge >= 0.3 is 47.6 Å². The minimum absolute atomic E-state index is 0.577. The SMILES string of the molecule is CC([O])C(F)(F)C(F)(F)C(F)(F)C(F)(F)C(F)(F)C(F)(F)C(F)(F)C(F)(F)F. The van der Waals surface area contributed by atoms with Gasteiger partial charge in [-0.1, -0.05) is 0 Å². The molecule has 0 N–H and O–H groups in total. The van der Waals surface area contributed by atoms with Gasteiger partial charge in [0, 0.05) is 0 Å². The van der Waals surface area contributed by atoms with E-state index in [4.69, 9.17) is 0 Å².